The third kappa shape index (κ3) is 4.18. The van der Waals surface area contributed by atoms with E-state index in [0.717, 1.165) is 4.90 Å². The van der Waals surface area contributed by atoms with Gasteiger partial charge in [-0.05, 0) is 49.4 Å². The van der Waals surface area contributed by atoms with E-state index in [-0.39, 0.29) is 10.7 Å². The van der Waals surface area contributed by atoms with Crippen molar-refractivity contribution in [3.63, 3.8) is 0 Å². The lowest BCUT2D eigenvalue weighted by Gasteiger charge is -2.26. The summed E-state index contributed by atoms with van der Waals surface area (Å²) in [7, 11) is 0. The molecule has 0 spiro atoms. The topological polar surface area (TPSA) is 79.0 Å². The number of halogens is 3. The van der Waals surface area contributed by atoms with Gasteiger partial charge in [-0.15, -0.1) is 0 Å². The minimum Gasteiger partial charge on any atom is -0.494 e. The monoisotopic (exact) mass is 587 g/mol. The lowest BCUT2D eigenvalue weighted by atomic mass is 9.90. The van der Waals surface area contributed by atoms with Gasteiger partial charge in [-0.2, -0.15) is 0 Å². The van der Waals surface area contributed by atoms with E-state index in [1.54, 1.807) is 36.4 Å². The van der Waals surface area contributed by atoms with Crippen LogP contribution in [-0.2, 0) is 9.59 Å². The molecule has 0 radical (unpaired) electrons. The Morgan fingerprint density at radius 2 is 1.81 bits per heavy atom. The molecule has 0 aliphatic carbocycles. The van der Waals surface area contributed by atoms with Gasteiger partial charge in [0, 0.05) is 20.6 Å². The largest absolute Gasteiger partial charge is 0.494 e. The number of nitrogens with zero attached hydrogens (tertiary/aromatic N) is 2. The summed E-state index contributed by atoms with van der Waals surface area (Å²) in [4.78, 5) is 42.3. The first kappa shape index (κ1) is 24.8. The second kappa shape index (κ2) is 9.86. The van der Waals surface area contributed by atoms with E-state index in [9.17, 15) is 14.4 Å². The Kier molecular flexibility index (Phi) is 6.78. The molecule has 3 aromatic rings. The second-order valence-corrected chi connectivity index (χ2v) is 10.1. The highest BCUT2D eigenvalue weighted by molar-refractivity contribution is 9.10. The molecule has 3 aromatic carbocycles. The van der Waals surface area contributed by atoms with Crippen molar-refractivity contribution in [3.05, 3.63) is 92.4 Å². The molecule has 7 nitrogen and oxygen atoms in total. The van der Waals surface area contributed by atoms with E-state index in [2.05, 4.69) is 21.4 Å². The van der Waals surface area contributed by atoms with Crippen molar-refractivity contribution in [2.24, 2.45) is 5.92 Å². The maximum absolute atomic E-state index is 13.8. The van der Waals surface area contributed by atoms with Gasteiger partial charge in [-0.1, -0.05) is 63.4 Å². The van der Waals surface area contributed by atoms with Crippen LogP contribution in [0.15, 0.2) is 71.2 Å². The second-order valence-electron chi connectivity index (χ2n) is 8.34. The molecule has 2 saturated heterocycles. The van der Waals surface area contributed by atoms with Crippen LogP contribution >= 0.6 is 39.1 Å². The minimum atomic E-state index is -1.09. The summed E-state index contributed by atoms with van der Waals surface area (Å²) >= 11 is 15.8. The fraction of sp³-hybridized carbons (Fsp3) is 0.192. The summed E-state index contributed by atoms with van der Waals surface area (Å²) in [5.41, 5.74) is 4.40. The lowest BCUT2D eigenvalue weighted by Crippen LogP contribution is -2.48. The number of carbonyl (C=O) groups excluding carboxylic acids is 3. The summed E-state index contributed by atoms with van der Waals surface area (Å²) < 4.78 is 6.52. The number of nitrogens with one attached hydrogen (secondary N) is 1. The summed E-state index contributed by atoms with van der Waals surface area (Å²) in [6.07, 6.45) is 0. The van der Waals surface area contributed by atoms with Crippen molar-refractivity contribution >= 4 is 62.5 Å². The highest BCUT2D eigenvalue weighted by Gasteiger charge is 2.61. The number of carbonyl (C=O) groups is 3. The Labute approximate surface area is 226 Å². The number of ether oxygens (including phenoxy) is 1. The van der Waals surface area contributed by atoms with Crippen molar-refractivity contribution in [1.29, 1.82) is 0 Å². The number of amides is 3. The third-order valence-electron chi connectivity index (χ3n) is 6.23. The molecule has 2 aliphatic rings. The molecule has 10 heteroatoms. The molecule has 2 fully saturated rings. The predicted molar refractivity (Wildman–Crippen MR) is 140 cm³/mol. The number of hydrazine groups is 1. The van der Waals surface area contributed by atoms with E-state index in [1.165, 1.54) is 17.1 Å². The zero-order valence-electron chi connectivity index (χ0n) is 19.0. The number of hydrogen-bond donors (Lipinski definition) is 1. The summed E-state index contributed by atoms with van der Waals surface area (Å²) in [6.45, 7) is 2.27. The van der Waals surface area contributed by atoms with Gasteiger partial charge in [0.1, 0.15) is 11.8 Å². The summed E-state index contributed by atoms with van der Waals surface area (Å²) in [5.74, 6) is -1.80. The first-order valence-electron chi connectivity index (χ1n) is 11.2. The van der Waals surface area contributed by atoms with Gasteiger partial charge >= 0.3 is 0 Å². The van der Waals surface area contributed by atoms with E-state index in [0.29, 0.717) is 33.0 Å². The van der Waals surface area contributed by atoms with Gasteiger partial charge in [0.25, 0.3) is 11.8 Å². The average Bonchev–Trinajstić information content (AvgIpc) is 3.36. The molecule has 0 aromatic heterocycles. The fourth-order valence-corrected chi connectivity index (χ4v) is 5.61. The maximum atomic E-state index is 13.8. The molecule has 0 unspecified atom stereocenters. The van der Waals surface area contributed by atoms with Crippen LogP contribution in [0.25, 0.3) is 0 Å². The number of para-hydroxylation sites is 1. The molecule has 36 heavy (non-hydrogen) atoms. The van der Waals surface area contributed by atoms with Crippen molar-refractivity contribution < 1.29 is 19.1 Å². The quantitative estimate of drug-likeness (QED) is 0.403. The van der Waals surface area contributed by atoms with E-state index >= 15 is 0 Å². The first-order chi connectivity index (χ1) is 17.3. The third-order valence-corrected chi connectivity index (χ3v) is 7.26. The summed E-state index contributed by atoms with van der Waals surface area (Å²) in [5, 5.41) is 1.79. The van der Waals surface area contributed by atoms with Crippen molar-refractivity contribution in [2.45, 2.75) is 19.0 Å². The zero-order valence-corrected chi connectivity index (χ0v) is 22.0. The maximum Gasteiger partial charge on any atom is 0.268 e. The molecule has 2 aliphatic heterocycles. The van der Waals surface area contributed by atoms with Crippen LogP contribution in [0.5, 0.6) is 5.75 Å². The first-order valence-corrected chi connectivity index (χ1v) is 12.8. The van der Waals surface area contributed by atoms with Crippen LogP contribution in [0.3, 0.4) is 0 Å². The highest BCUT2D eigenvalue weighted by Crippen LogP contribution is 2.45. The van der Waals surface area contributed by atoms with Crippen LogP contribution in [0.2, 0.25) is 10.0 Å². The van der Waals surface area contributed by atoms with Gasteiger partial charge < -0.3 is 4.74 Å². The Morgan fingerprint density at radius 1 is 1.03 bits per heavy atom. The zero-order chi connectivity index (χ0) is 25.6. The molecule has 1 N–H and O–H groups in total. The number of hydrogen-bond acceptors (Lipinski definition) is 5. The SMILES string of the molecule is CCOc1ccccc1[C@@H]1NN(C(=O)c2cccc(Br)c2)[C@H]2C(=O)N(c3ccc(Cl)cc3Cl)C(=O)[C@H]12. The van der Waals surface area contributed by atoms with Gasteiger partial charge in [0.2, 0.25) is 5.91 Å². The van der Waals surface area contributed by atoms with E-state index in [4.69, 9.17) is 27.9 Å². The lowest BCUT2D eigenvalue weighted by molar-refractivity contribution is -0.123. The van der Waals surface area contributed by atoms with Crippen LogP contribution in [0, 0.1) is 5.92 Å². The molecular formula is C26H20BrCl2N3O4. The Bertz CT molecular complexity index is 1380. The molecular weight excluding hydrogens is 569 g/mol. The number of rotatable bonds is 5. The van der Waals surface area contributed by atoms with Crippen molar-refractivity contribution in [1.82, 2.24) is 10.4 Å². The fourth-order valence-electron chi connectivity index (χ4n) is 4.72. The Balaban J connectivity index is 1.62. The normalized spacial score (nSPS) is 21.2. The molecule has 2 heterocycles. The van der Waals surface area contributed by atoms with Crippen LogP contribution in [0.1, 0.15) is 28.9 Å². The molecule has 0 saturated carbocycles. The summed E-state index contributed by atoms with van der Waals surface area (Å²) in [6, 6.07) is 16.9. The van der Waals surface area contributed by atoms with Crippen LogP contribution in [-0.4, -0.2) is 35.4 Å². The minimum absolute atomic E-state index is 0.160. The molecule has 5 rings (SSSR count). The molecule has 3 amide bonds. The van der Waals surface area contributed by atoms with Gasteiger partial charge in [0.05, 0.1) is 29.3 Å². The molecule has 3 atom stereocenters. The van der Waals surface area contributed by atoms with E-state index < -0.39 is 35.7 Å². The highest BCUT2D eigenvalue weighted by atomic mass is 79.9. The van der Waals surface area contributed by atoms with Gasteiger partial charge in [-0.3, -0.25) is 19.4 Å². The van der Waals surface area contributed by atoms with E-state index in [1.807, 2.05) is 25.1 Å². The number of fused-ring (bicyclic) bond motifs is 1. The molecule has 0 bridgehead atoms. The predicted octanol–water partition coefficient (Wildman–Crippen LogP) is 5.41. The smallest absolute Gasteiger partial charge is 0.268 e. The number of benzene rings is 3. The average molecular weight is 589 g/mol. The van der Waals surface area contributed by atoms with Gasteiger partial charge in [0.15, 0.2) is 0 Å². The standard InChI is InChI=1S/C26H20BrCl2N3O4/c1-2-36-20-9-4-3-8-17(20)22-21-23(32(30-22)24(33)14-6-5-7-15(27)12-14)26(35)31(25(21)34)19-11-10-16(28)13-18(19)29/h3-13,21-23,30H,2H2,1H3/t21-,22+,23-/m1/s1. The van der Waals surface area contributed by atoms with Crippen LogP contribution in [0.4, 0.5) is 5.69 Å². The Hall–Kier alpha value is -2.91. The number of imide groups is 1. The number of anilines is 1. The van der Waals surface area contributed by atoms with Crippen molar-refractivity contribution in [2.75, 3.05) is 11.5 Å². The Morgan fingerprint density at radius 3 is 2.53 bits per heavy atom. The van der Waals surface area contributed by atoms with Crippen LogP contribution < -0.4 is 15.1 Å². The molecule has 184 valence electrons. The van der Waals surface area contributed by atoms with Crippen molar-refractivity contribution in [3.8, 4) is 5.75 Å². The van der Waals surface area contributed by atoms with Gasteiger partial charge in [-0.25, -0.2) is 10.3 Å².